The molecule has 0 saturated carbocycles. The summed E-state index contributed by atoms with van der Waals surface area (Å²) in [7, 11) is 0. The predicted molar refractivity (Wildman–Crippen MR) is 65.7 cm³/mol. The lowest BCUT2D eigenvalue weighted by Gasteiger charge is -2.16. The molecule has 1 aromatic rings. The van der Waals surface area contributed by atoms with Crippen molar-refractivity contribution in [2.24, 2.45) is 4.99 Å². The van der Waals surface area contributed by atoms with Gasteiger partial charge in [-0.3, -0.25) is 4.99 Å². The second-order valence-corrected chi connectivity index (χ2v) is 3.58. The molecule has 2 rings (SSSR count). The van der Waals surface area contributed by atoms with Crippen molar-refractivity contribution in [1.82, 2.24) is 15.6 Å². The molecule has 0 aliphatic carbocycles. The maximum Gasteiger partial charge on any atom is 0.191 e. The van der Waals surface area contributed by atoms with Crippen LogP contribution in [0.3, 0.4) is 0 Å². The van der Waals surface area contributed by atoms with E-state index in [4.69, 9.17) is 0 Å². The highest BCUT2D eigenvalue weighted by atomic mass is 15.2. The van der Waals surface area contributed by atoms with Gasteiger partial charge in [-0.1, -0.05) is 6.07 Å². The quantitative estimate of drug-likeness (QED) is 0.643. The van der Waals surface area contributed by atoms with Crippen LogP contribution >= 0.6 is 0 Å². The van der Waals surface area contributed by atoms with Crippen LogP contribution in [0.2, 0.25) is 0 Å². The van der Waals surface area contributed by atoms with E-state index in [0.717, 1.165) is 44.4 Å². The van der Waals surface area contributed by atoms with Crippen LogP contribution in [-0.2, 0) is 0 Å². The van der Waals surface area contributed by atoms with Crippen LogP contribution < -0.4 is 16.0 Å². The van der Waals surface area contributed by atoms with Crippen molar-refractivity contribution in [3.63, 3.8) is 0 Å². The van der Waals surface area contributed by atoms with Crippen molar-refractivity contribution in [3.8, 4) is 0 Å². The number of guanidine groups is 1. The molecule has 0 radical (unpaired) electrons. The number of pyridine rings is 1. The second kappa shape index (κ2) is 5.95. The van der Waals surface area contributed by atoms with Gasteiger partial charge < -0.3 is 16.0 Å². The topological polar surface area (TPSA) is 61.3 Å². The number of anilines is 1. The molecule has 0 saturated heterocycles. The van der Waals surface area contributed by atoms with Crippen LogP contribution in [0, 0.1) is 0 Å². The molecule has 5 heteroatoms. The average Bonchev–Trinajstić information content (AvgIpc) is 2.37. The minimum absolute atomic E-state index is 0.831. The summed E-state index contributed by atoms with van der Waals surface area (Å²) in [5.41, 5.74) is 0. The molecule has 0 atom stereocenters. The Morgan fingerprint density at radius 1 is 1.25 bits per heavy atom. The summed E-state index contributed by atoms with van der Waals surface area (Å²) in [4.78, 5) is 8.50. The molecule has 0 unspecified atom stereocenters. The van der Waals surface area contributed by atoms with Gasteiger partial charge in [0.1, 0.15) is 5.82 Å². The number of aromatic nitrogens is 1. The Labute approximate surface area is 95.4 Å². The Balaban J connectivity index is 1.63. The van der Waals surface area contributed by atoms with Gasteiger partial charge in [0, 0.05) is 32.4 Å². The van der Waals surface area contributed by atoms with Gasteiger partial charge in [0.25, 0.3) is 0 Å². The zero-order valence-electron chi connectivity index (χ0n) is 9.24. The van der Waals surface area contributed by atoms with Gasteiger partial charge in [-0.05, 0) is 18.6 Å². The van der Waals surface area contributed by atoms with Crippen LogP contribution in [0.15, 0.2) is 29.4 Å². The molecule has 1 aliphatic rings. The third kappa shape index (κ3) is 3.42. The largest absolute Gasteiger partial charge is 0.368 e. The summed E-state index contributed by atoms with van der Waals surface area (Å²) in [6.45, 7) is 3.60. The number of hydrogen-bond acceptors (Lipinski definition) is 5. The number of hydrogen-bond donors (Lipinski definition) is 3. The number of nitrogens with one attached hydrogen (secondary N) is 3. The van der Waals surface area contributed by atoms with Crippen LogP contribution in [0.25, 0.3) is 0 Å². The summed E-state index contributed by atoms with van der Waals surface area (Å²) >= 11 is 0. The normalized spacial score (nSPS) is 14.9. The molecule has 0 fully saturated rings. The molecule has 16 heavy (non-hydrogen) atoms. The van der Waals surface area contributed by atoms with Gasteiger partial charge in [0.05, 0.1) is 0 Å². The van der Waals surface area contributed by atoms with E-state index in [1.54, 1.807) is 6.20 Å². The van der Waals surface area contributed by atoms with Crippen molar-refractivity contribution in [2.75, 3.05) is 31.5 Å². The first-order valence-electron chi connectivity index (χ1n) is 5.62. The maximum atomic E-state index is 4.33. The van der Waals surface area contributed by atoms with E-state index in [2.05, 4.69) is 25.9 Å². The molecule has 2 heterocycles. The highest BCUT2D eigenvalue weighted by Gasteiger charge is 2.01. The molecular formula is C11H17N5. The third-order valence-electron chi connectivity index (χ3n) is 2.29. The molecule has 0 bridgehead atoms. The third-order valence-corrected chi connectivity index (χ3v) is 2.29. The summed E-state index contributed by atoms with van der Waals surface area (Å²) in [5, 5.41) is 9.68. The molecule has 0 spiro atoms. The first-order chi connectivity index (χ1) is 7.95. The zero-order chi connectivity index (χ0) is 11.1. The van der Waals surface area contributed by atoms with Gasteiger partial charge in [0.2, 0.25) is 0 Å². The lowest BCUT2D eigenvalue weighted by Crippen LogP contribution is -2.42. The van der Waals surface area contributed by atoms with E-state index in [1.165, 1.54) is 0 Å². The summed E-state index contributed by atoms with van der Waals surface area (Å²) in [6, 6.07) is 5.83. The molecule has 0 aromatic carbocycles. The van der Waals surface area contributed by atoms with Crippen molar-refractivity contribution in [3.05, 3.63) is 24.4 Å². The second-order valence-electron chi connectivity index (χ2n) is 3.58. The number of aliphatic imine (C=N–C) groups is 1. The number of nitrogens with zero attached hydrogens (tertiary/aromatic N) is 2. The van der Waals surface area contributed by atoms with E-state index < -0.39 is 0 Å². The molecule has 5 nitrogen and oxygen atoms in total. The standard InChI is InChI=1S/C11H17N5/c1-2-5-12-10(4-1)13-8-9-16-11-14-6-3-7-15-11/h1-2,4-5H,3,6-9H2,(H,12,13)(H2,14,15,16). The Morgan fingerprint density at radius 2 is 2.19 bits per heavy atom. The highest BCUT2D eigenvalue weighted by molar-refractivity contribution is 5.80. The molecule has 3 N–H and O–H groups in total. The van der Waals surface area contributed by atoms with Crippen molar-refractivity contribution in [2.45, 2.75) is 6.42 Å². The van der Waals surface area contributed by atoms with Crippen molar-refractivity contribution in [1.29, 1.82) is 0 Å². The molecule has 1 aromatic heterocycles. The Kier molecular flexibility index (Phi) is 3.99. The van der Waals surface area contributed by atoms with Gasteiger partial charge in [-0.25, -0.2) is 4.98 Å². The molecule has 0 amide bonds. The first-order valence-corrected chi connectivity index (χ1v) is 5.62. The zero-order valence-corrected chi connectivity index (χ0v) is 9.24. The Hall–Kier alpha value is -1.78. The maximum absolute atomic E-state index is 4.33. The lowest BCUT2D eigenvalue weighted by atomic mass is 10.4. The van der Waals surface area contributed by atoms with E-state index in [1.807, 2.05) is 18.2 Å². The van der Waals surface area contributed by atoms with E-state index in [0.29, 0.717) is 0 Å². The van der Waals surface area contributed by atoms with Crippen molar-refractivity contribution < 1.29 is 0 Å². The van der Waals surface area contributed by atoms with Gasteiger partial charge in [-0.2, -0.15) is 0 Å². The van der Waals surface area contributed by atoms with Gasteiger partial charge in [-0.15, -0.1) is 0 Å². The van der Waals surface area contributed by atoms with Gasteiger partial charge in [0.15, 0.2) is 5.96 Å². The predicted octanol–water partition coefficient (Wildman–Crippen LogP) is 0.432. The van der Waals surface area contributed by atoms with Gasteiger partial charge >= 0.3 is 0 Å². The smallest absolute Gasteiger partial charge is 0.191 e. The Bertz CT molecular complexity index is 335. The van der Waals surface area contributed by atoms with Crippen LogP contribution in [0.5, 0.6) is 0 Å². The van der Waals surface area contributed by atoms with Crippen LogP contribution in [0.1, 0.15) is 6.42 Å². The Morgan fingerprint density at radius 3 is 2.94 bits per heavy atom. The highest BCUT2D eigenvalue weighted by Crippen LogP contribution is 1.97. The number of rotatable bonds is 4. The minimum atomic E-state index is 0.831. The van der Waals surface area contributed by atoms with Crippen molar-refractivity contribution >= 4 is 11.8 Å². The molecule has 1 aliphatic heterocycles. The van der Waals surface area contributed by atoms with E-state index in [-0.39, 0.29) is 0 Å². The first kappa shape index (κ1) is 10.7. The average molecular weight is 219 g/mol. The van der Waals surface area contributed by atoms with E-state index in [9.17, 15) is 0 Å². The fourth-order valence-corrected chi connectivity index (χ4v) is 1.49. The molecule has 86 valence electrons. The SMILES string of the molecule is c1ccc(NCCNC2=NCCCN2)nc1. The summed E-state index contributed by atoms with van der Waals surface area (Å²) in [6.07, 6.45) is 2.90. The monoisotopic (exact) mass is 219 g/mol. The molecular weight excluding hydrogens is 202 g/mol. The summed E-state index contributed by atoms with van der Waals surface area (Å²) in [5.74, 6) is 1.82. The minimum Gasteiger partial charge on any atom is -0.368 e. The lowest BCUT2D eigenvalue weighted by molar-refractivity contribution is 0.705. The van der Waals surface area contributed by atoms with Crippen LogP contribution in [0.4, 0.5) is 5.82 Å². The fraction of sp³-hybridized carbons (Fsp3) is 0.455. The fourth-order valence-electron chi connectivity index (χ4n) is 1.49. The summed E-state index contributed by atoms with van der Waals surface area (Å²) < 4.78 is 0. The van der Waals surface area contributed by atoms with Crippen LogP contribution in [-0.4, -0.2) is 37.1 Å². The van der Waals surface area contributed by atoms with E-state index >= 15 is 0 Å².